The Balaban J connectivity index is 1.58. The SMILES string of the molecule is CC(=NNc1nc(N2CCCCC2)nc(N2CCCCC2)n1)c1ccc(Cl)cc1. The first kappa shape index (κ1) is 19.9. The zero-order chi connectivity index (χ0) is 20.1. The lowest BCUT2D eigenvalue weighted by molar-refractivity contribution is 0.556. The van der Waals surface area contributed by atoms with Crippen LogP contribution in [0.3, 0.4) is 0 Å². The van der Waals surface area contributed by atoms with E-state index in [9.17, 15) is 0 Å². The predicted molar refractivity (Wildman–Crippen MR) is 119 cm³/mol. The first-order valence-electron chi connectivity index (χ1n) is 10.5. The van der Waals surface area contributed by atoms with Gasteiger partial charge in [0, 0.05) is 31.2 Å². The van der Waals surface area contributed by atoms with Gasteiger partial charge in [0.15, 0.2) is 0 Å². The van der Waals surface area contributed by atoms with E-state index in [0.29, 0.717) is 11.0 Å². The summed E-state index contributed by atoms with van der Waals surface area (Å²) in [6, 6.07) is 7.63. The lowest BCUT2D eigenvalue weighted by Gasteiger charge is -2.30. The smallest absolute Gasteiger partial charge is 0.250 e. The second kappa shape index (κ2) is 9.39. The Labute approximate surface area is 177 Å². The molecule has 7 nitrogen and oxygen atoms in total. The van der Waals surface area contributed by atoms with Crippen molar-refractivity contribution in [1.82, 2.24) is 15.0 Å². The third kappa shape index (κ3) is 5.15. The van der Waals surface area contributed by atoms with Crippen LogP contribution in [0.4, 0.5) is 17.8 Å². The number of hydrogen-bond donors (Lipinski definition) is 1. The molecule has 2 saturated heterocycles. The highest BCUT2D eigenvalue weighted by molar-refractivity contribution is 6.30. The minimum Gasteiger partial charge on any atom is -0.341 e. The number of benzene rings is 1. The van der Waals surface area contributed by atoms with Crippen molar-refractivity contribution >= 4 is 35.2 Å². The van der Waals surface area contributed by atoms with E-state index in [1.807, 2.05) is 31.2 Å². The normalized spacial score (nSPS) is 18.1. The van der Waals surface area contributed by atoms with Crippen LogP contribution in [0.15, 0.2) is 29.4 Å². The summed E-state index contributed by atoms with van der Waals surface area (Å²) in [5.41, 5.74) is 4.91. The maximum atomic E-state index is 5.98. The minimum absolute atomic E-state index is 0.495. The fourth-order valence-electron chi connectivity index (χ4n) is 3.76. The van der Waals surface area contributed by atoms with Gasteiger partial charge in [-0.2, -0.15) is 20.1 Å². The van der Waals surface area contributed by atoms with Crippen molar-refractivity contribution in [3.63, 3.8) is 0 Å². The largest absolute Gasteiger partial charge is 0.341 e. The van der Waals surface area contributed by atoms with Crippen molar-refractivity contribution in [3.05, 3.63) is 34.9 Å². The van der Waals surface area contributed by atoms with E-state index < -0.39 is 0 Å². The molecule has 0 aliphatic carbocycles. The van der Waals surface area contributed by atoms with Crippen LogP contribution in [0.5, 0.6) is 0 Å². The van der Waals surface area contributed by atoms with Gasteiger partial charge in [0.1, 0.15) is 0 Å². The van der Waals surface area contributed by atoms with Gasteiger partial charge in [-0.25, -0.2) is 5.43 Å². The molecule has 3 heterocycles. The van der Waals surface area contributed by atoms with Crippen molar-refractivity contribution in [2.24, 2.45) is 5.10 Å². The third-order valence-corrected chi connectivity index (χ3v) is 5.73. The summed E-state index contributed by atoms with van der Waals surface area (Å²) in [5.74, 6) is 2.00. The van der Waals surface area contributed by atoms with Gasteiger partial charge in [-0.1, -0.05) is 23.7 Å². The molecule has 2 aromatic rings. The zero-order valence-electron chi connectivity index (χ0n) is 16.9. The molecule has 0 amide bonds. The fraction of sp³-hybridized carbons (Fsp3) is 0.524. The van der Waals surface area contributed by atoms with Gasteiger partial charge >= 0.3 is 0 Å². The van der Waals surface area contributed by atoms with Crippen LogP contribution in [-0.2, 0) is 0 Å². The monoisotopic (exact) mass is 413 g/mol. The molecule has 0 spiro atoms. The van der Waals surface area contributed by atoms with Crippen LogP contribution in [-0.4, -0.2) is 46.8 Å². The van der Waals surface area contributed by atoms with Crippen LogP contribution in [0, 0.1) is 0 Å². The van der Waals surface area contributed by atoms with E-state index in [1.54, 1.807) is 0 Å². The molecule has 2 fully saturated rings. The minimum atomic E-state index is 0.495. The number of halogens is 1. The molecule has 2 aliphatic rings. The summed E-state index contributed by atoms with van der Waals surface area (Å²) in [4.78, 5) is 18.7. The number of hydrazone groups is 1. The van der Waals surface area contributed by atoms with E-state index in [1.165, 1.54) is 38.5 Å². The first-order valence-corrected chi connectivity index (χ1v) is 10.9. The van der Waals surface area contributed by atoms with Gasteiger partial charge in [0.05, 0.1) is 5.71 Å². The molecule has 1 aromatic heterocycles. The maximum absolute atomic E-state index is 5.98. The molecular formula is C21H28ClN7. The lowest BCUT2D eigenvalue weighted by Crippen LogP contribution is -2.34. The van der Waals surface area contributed by atoms with E-state index in [4.69, 9.17) is 16.6 Å². The number of anilines is 3. The maximum Gasteiger partial charge on any atom is 0.250 e. The van der Waals surface area contributed by atoms with E-state index >= 15 is 0 Å². The molecule has 4 rings (SSSR count). The van der Waals surface area contributed by atoms with Crippen molar-refractivity contribution in [1.29, 1.82) is 0 Å². The highest BCUT2D eigenvalue weighted by atomic mass is 35.5. The van der Waals surface area contributed by atoms with Gasteiger partial charge in [-0.3, -0.25) is 0 Å². The summed E-state index contributed by atoms with van der Waals surface area (Å²) < 4.78 is 0. The summed E-state index contributed by atoms with van der Waals surface area (Å²) >= 11 is 5.98. The van der Waals surface area contributed by atoms with E-state index in [0.717, 1.165) is 49.4 Å². The Bertz CT molecular complexity index is 804. The van der Waals surface area contributed by atoms with Crippen molar-refractivity contribution in [2.45, 2.75) is 45.4 Å². The Hall–Kier alpha value is -2.41. The Morgan fingerprint density at radius 3 is 1.86 bits per heavy atom. The molecule has 0 bridgehead atoms. The van der Waals surface area contributed by atoms with Crippen molar-refractivity contribution < 1.29 is 0 Å². The molecule has 0 saturated carbocycles. The molecule has 154 valence electrons. The molecule has 8 heteroatoms. The van der Waals surface area contributed by atoms with Crippen LogP contribution in [0.2, 0.25) is 5.02 Å². The second-order valence-electron chi connectivity index (χ2n) is 7.67. The average Bonchev–Trinajstić information content (AvgIpc) is 2.79. The van der Waals surface area contributed by atoms with Gasteiger partial charge in [-0.15, -0.1) is 0 Å². The molecule has 0 unspecified atom stereocenters. The molecule has 1 aromatic carbocycles. The fourth-order valence-corrected chi connectivity index (χ4v) is 3.89. The quantitative estimate of drug-likeness (QED) is 0.580. The van der Waals surface area contributed by atoms with Gasteiger partial charge < -0.3 is 9.80 Å². The zero-order valence-corrected chi connectivity index (χ0v) is 17.7. The molecule has 0 radical (unpaired) electrons. The average molecular weight is 414 g/mol. The van der Waals surface area contributed by atoms with Gasteiger partial charge in [0.25, 0.3) is 0 Å². The summed E-state index contributed by atoms with van der Waals surface area (Å²) in [6.45, 7) is 5.94. The molecule has 2 aliphatic heterocycles. The standard InChI is InChI=1S/C21H28ClN7/c1-16(17-8-10-18(22)11-9-17)26-27-19-23-20(28-12-4-2-5-13-28)25-21(24-19)29-14-6-3-7-15-29/h8-11H,2-7,12-15H2,1H3,(H,23,24,25,27). The Morgan fingerprint density at radius 1 is 0.828 bits per heavy atom. The molecule has 1 N–H and O–H groups in total. The summed E-state index contributed by atoms with van der Waals surface area (Å²) in [5, 5.41) is 5.21. The number of nitrogens with zero attached hydrogens (tertiary/aromatic N) is 6. The van der Waals surface area contributed by atoms with Crippen molar-refractivity contribution in [2.75, 3.05) is 41.4 Å². The van der Waals surface area contributed by atoms with E-state index in [2.05, 4.69) is 30.3 Å². The Morgan fingerprint density at radius 2 is 1.34 bits per heavy atom. The Kier molecular flexibility index (Phi) is 6.44. The van der Waals surface area contributed by atoms with Crippen LogP contribution >= 0.6 is 11.6 Å². The van der Waals surface area contributed by atoms with Gasteiger partial charge in [-0.05, 0) is 63.1 Å². The highest BCUT2D eigenvalue weighted by Gasteiger charge is 2.20. The highest BCUT2D eigenvalue weighted by Crippen LogP contribution is 2.22. The topological polar surface area (TPSA) is 69.5 Å². The first-order chi connectivity index (χ1) is 14.2. The number of nitrogens with one attached hydrogen (secondary N) is 1. The number of hydrogen-bond acceptors (Lipinski definition) is 7. The second-order valence-corrected chi connectivity index (χ2v) is 8.11. The number of piperidine rings is 2. The van der Waals surface area contributed by atoms with Gasteiger partial charge in [0.2, 0.25) is 17.8 Å². The van der Waals surface area contributed by atoms with Crippen LogP contribution in [0.1, 0.15) is 51.0 Å². The summed E-state index contributed by atoms with van der Waals surface area (Å²) in [7, 11) is 0. The molecule has 0 atom stereocenters. The molecular weight excluding hydrogens is 386 g/mol. The van der Waals surface area contributed by atoms with Crippen LogP contribution < -0.4 is 15.2 Å². The molecule has 29 heavy (non-hydrogen) atoms. The number of aromatic nitrogens is 3. The summed E-state index contributed by atoms with van der Waals surface area (Å²) in [6.07, 6.45) is 7.28. The van der Waals surface area contributed by atoms with Crippen molar-refractivity contribution in [3.8, 4) is 0 Å². The lowest BCUT2D eigenvalue weighted by atomic mass is 10.1. The third-order valence-electron chi connectivity index (χ3n) is 5.48. The van der Waals surface area contributed by atoms with Crippen LogP contribution in [0.25, 0.3) is 0 Å². The predicted octanol–water partition coefficient (Wildman–Crippen LogP) is 4.34. The number of rotatable bonds is 5. The van der Waals surface area contributed by atoms with E-state index in [-0.39, 0.29) is 0 Å².